The van der Waals surface area contributed by atoms with Gasteiger partial charge in [-0.15, -0.1) is 11.3 Å². The molecular formula is C23H26ClN5OS. The molecule has 2 fully saturated rings. The second kappa shape index (κ2) is 8.63. The summed E-state index contributed by atoms with van der Waals surface area (Å²) in [6.07, 6.45) is 5.30. The molecule has 0 N–H and O–H groups in total. The van der Waals surface area contributed by atoms with E-state index in [1.807, 2.05) is 30.0 Å². The molecule has 6 nitrogen and oxygen atoms in total. The normalized spacial score (nSPS) is 17.4. The Morgan fingerprint density at radius 1 is 1.00 bits per heavy atom. The smallest absolute Gasteiger partial charge is 0.264 e. The summed E-state index contributed by atoms with van der Waals surface area (Å²) in [6.45, 7) is 7.09. The van der Waals surface area contributed by atoms with Gasteiger partial charge in [0.2, 0.25) is 0 Å². The first kappa shape index (κ1) is 20.5. The second-order valence-corrected chi connectivity index (χ2v) is 9.68. The Kier molecular flexibility index (Phi) is 5.71. The average molecular weight is 456 g/mol. The maximum Gasteiger partial charge on any atom is 0.264 e. The van der Waals surface area contributed by atoms with Crippen molar-refractivity contribution < 1.29 is 4.79 Å². The zero-order valence-electron chi connectivity index (χ0n) is 17.7. The molecule has 0 unspecified atom stereocenters. The van der Waals surface area contributed by atoms with E-state index in [-0.39, 0.29) is 5.91 Å². The van der Waals surface area contributed by atoms with E-state index in [2.05, 4.69) is 25.8 Å². The third-order valence-electron chi connectivity index (χ3n) is 6.30. The largest absolute Gasteiger partial charge is 0.368 e. The molecule has 5 rings (SSSR count). The molecule has 4 heterocycles. The van der Waals surface area contributed by atoms with Gasteiger partial charge in [-0.05, 0) is 49.9 Å². The van der Waals surface area contributed by atoms with E-state index >= 15 is 0 Å². The minimum Gasteiger partial charge on any atom is -0.368 e. The van der Waals surface area contributed by atoms with E-state index in [0.717, 1.165) is 63.4 Å². The number of aryl methyl sites for hydroxylation is 1. The molecule has 8 heteroatoms. The van der Waals surface area contributed by atoms with Crippen molar-refractivity contribution in [1.29, 1.82) is 0 Å². The minimum absolute atomic E-state index is 0.107. The average Bonchev–Trinajstić information content (AvgIpc) is 3.16. The van der Waals surface area contributed by atoms with Crippen LogP contribution in [0.3, 0.4) is 0 Å². The van der Waals surface area contributed by atoms with Crippen LogP contribution in [0.5, 0.6) is 0 Å². The Bertz CT molecular complexity index is 1100. The Hall–Kier alpha value is -2.38. The van der Waals surface area contributed by atoms with Crippen LogP contribution in [0, 0.1) is 6.92 Å². The summed E-state index contributed by atoms with van der Waals surface area (Å²) >= 11 is 7.65. The molecular weight excluding hydrogens is 430 g/mol. The number of carbonyl (C=O) groups excluding carboxylic acids is 1. The standard InChI is InChI=1S/C23H26ClN5OS/c1-16-19-21(28-8-3-2-4-9-28)25-15-26-22(19)31-20(16)23(30)29-12-10-27(11-13-29)18-7-5-6-17(24)14-18/h5-7,14-15H,2-4,8-13H2,1H3. The summed E-state index contributed by atoms with van der Waals surface area (Å²) in [5.41, 5.74) is 2.13. The van der Waals surface area contributed by atoms with Gasteiger partial charge >= 0.3 is 0 Å². The number of nitrogens with zero attached hydrogens (tertiary/aromatic N) is 5. The van der Waals surface area contributed by atoms with Crippen LogP contribution in [-0.4, -0.2) is 60.0 Å². The molecule has 3 aromatic rings. The van der Waals surface area contributed by atoms with Crippen molar-refractivity contribution in [3.05, 3.63) is 46.1 Å². The van der Waals surface area contributed by atoms with Crippen molar-refractivity contribution in [3.8, 4) is 0 Å². The summed E-state index contributed by atoms with van der Waals surface area (Å²) < 4.78 is 0. The van der Waals surface area contributed by atoms with E-state index in [4.69, 9.17) is 11.6 Å². The predicted molar refractivity (Wildman–Crippen MR) is 128 cm³/mol. The second-order valence-electron chi connectivity index (χ2n) is 8.24. The predicted octanol–water partition coefficient (Wildman–Crippen LogP) is 4.61. The maximum atomic E-state index is 13.4. The third-order valence-corrected chi connectivity index (χ3v) is 7.72. The van der Waals surface area contributed by atoms with E-state index in [0.29, 0.717) is 13.1 Å². The summed E-state index contributed by atoms with van der Waals surface area (Å²) in [5, 5.41) is 1.79. The van der Waals surface area contributed by atoms with Gasteiger partial charge in [0, 0.05) is 50.0 Å². The van der Waals surface area contributed by atoms with Crippen LogP contribution in [-0.2, 0) is 0 Å². The first-order valence-corrected chi connectivity index (χ1v) is 12.1. The van der Waals surface area contributed by atoms with Gasteiger partial charge in [-0.2, -0.15) is 0 Å². The van der Waals surface area contributed by atoms with Crippen LogP contribution in [0.1, 0.15) is 34.5 Å². The van der Waals surface area contributed by atoms with Crippen LogP contribution in [0.15, 0.2) is 30.6 Å². The number of aromatic nitrogens is 2. The number of thiophene rings is 1. The molecule has 31 heavy (non-hydrogen) atoms. The number of anilines is 2. The molecule has 2 aliphatic heterocycles. The van der Waals surface area contributed by atoms with Crippen LogP contribution in [0.4, 0.5) is 11.5 Å². The number of halogens is 1. The monoisotopic (exact) mass is 455 g/mol. The lowest BCUT2D eigenvalue weighted by Crippen LogP contribution is -2.48. The molecule has 1 amide bonds. The number of carbonyl (C=O) groups is 1. The van der Waals surface area contributed by atoms with E-state index in [1.54, 1.807) is 6.33 Å². The summed E-state index contributed by atoms with van der Waals surface area (Å²) in [6, 6.07) is 7.91. The van der Waals surface area contributed by atoms with Crippen LogP contribution in [0.2, 0.25) is 5.02 Å². The number of rotatable bonds is 3. The van der Waals surface area contributed by atoms with E-state index in [9.17, 15) is 4.79 Å². The molecule has 2 saturated heterocycles. The maximum absolute atomic E-state index is 13.4. The lowest BCUT2D eigenvalue weighted by Gasteiger charge is -2.36. The van der Waals surface area contributed by atoms with Crippen LogP contribution in [0.25, 0.3) is 10.2 Å². The lowest BCUT2D eigenvalue weighted by atomic mass is 10.1. The van der Waals surface area contributed by atoms with Gasteiger partial charge in [-0.1, -0.05) is 17.7 Å². The third kappa shape index (κ3) is 3.96. The van der Waals surface area contributed by atoms with Crippen molar-refractivity contribution >= 4 is 50.6 Å². The quantitative estimate of drug-likeness (QED) is 0.577. The molecule has 0 bridgehead atoms. The van der Waals surface area contributed by atoms with Gasteiger partial charge in [-0.25, -0.2) is 9.97 Å². The number of amides is 1. The van der Waals surface area contributed by atoms with Crippen LogP contribution < -0.4 is 9.80 Å². The summed E-state index contributed by atoms with van der Waals surface area (Å²) in [7, 11) is 0. The molecule has 0 spiro atoms. The number of fused-ring (bicyclic) bond motifs is 1. The lowest BCUT2D eigenvalue weighted by molar-refractivity contribution is 0.0751. The number of benzene rings is 1. The highest BCUT2D eigenvalue weighted by molar-refractivity contribution is 7.20. The molecule has 0 atom stereocenters. The van der Waals surface area contributed by atoms with Gasteiger partial charge < -0.3 is 14.7 Å². The van der Waals surface area contributed by atoms with Crippen molar-refractivity contribution in [2.24, 2.45) is 0 Å². The fourth-order valence-corrected chi connectivity index (χ4v) is 5.88. The fourth-order valence-electron chi connectivity index (χ4n) is 4.59. The Morgan fingerprint density at radius 3 is 2.52 bits per heavy atom. The first-order chi connectivity index (χ1) is 15.1. The zero-order valence-corrected chi connectivity index (χ0v) is 19.3. The van der Waals surface area contributed by atoms with E-state index in [1.165, 1.54) is 30.6 Å². The van der Waals surface area contributed by atoms with Crippen molar-refractivity contribution in [2.75, 3.05) is 49.1 Å². The molecule has 0 aliphatic carbocycles. The highest BCUT2D eigenvalue weighted by Crippen LogP contribution is 2.36. The summed E-state index contributed by atoms with van der Waals surface area (Å²) in [5.74, 6) is 1.10. The number of piperidine rings is 1. The number of hydrogen-bond acceptors (Lipinski definition) is 6. The molecule has 2 aliphatic rings. The molecule has 0 saturated carbocycles. The number of hydrogen-bond donors (Lipinski definition) is 0. The molecule has 1 aromatic carbocycles. The van der Waals surface area contributed by atoms with Gasteiger partial charge in [0.1, 0.15) is 17.0 Å². The highest BCUT2D eigenvalue weighted by Gasteiger charge is 2.28. The number of piperazine rings is 1. The highest BCUT2D eigenvalue weighted by atomic mass is 35.5. The Labute approximate surface area is 191 Å². The van der Waals surface area contributed by atoms with E-state index < -0.39 is 0 Å². The summed E-state index contributed by atoms with van der Waals surface area (Å²) in [4.78, 5) is 30.8. The van der Waals surface area contributed by atoms with Gasteiger partial charge in [0.25, 0.3) is 5.91 Å². The zero-order chi connectivity index (χ0) is 21.4. The SMILES string of the molecule is Cc1c(C(=O)N2CCN(c3cccc(Cl)c3)CC2)sc2ncnc(N3CCCCC3)c12. The van der Waals surface area contributed by atoms with Gasteiger partial charge in [0.15, 0.2) is 0 Å². The molecule has 2 aromatic heterocycles. The van der Waals surface area contributed by atoms with Crippen molar-refractivity contribution in [1.82, 2.24) is 14.9 Å². The Morgan fingerprint density at radius 2 is 1.77 bits per heavy atom. The first-order valence-electron chi connectivity index (χ1n) is 10.9. The van der Waals surface area contributed by atoms with Gasteiger partial charge in [-0.3, -0.25) is 4.79 Å². The minimum atomic E-state index is 0.107. The van der Waals surface area contributed by atoms with Crippen molar-refractivity contribution in [3.63, 3.8) is 0 Å². The Balaban J connectivity index is 1.36. The van der Waals surface area contributed by atoms with Crippen LogP contribution >= 0.6 is 22.9 Å². The fraction of sp³-hybridized carbons (Fsp3) is 0.435. The molecule has 162 valence electrons. The van der Waals surface area contributed by atoms with Gasteiger partial charge in [0.05, 0.1) is 10.3 Å². The van der Waals surface area contributed by atoms with Crippen molar-refractivity contribution in [2.45, 2.75) is 26.2 Å². The topological polar surface area (TPSA) is 52.6 Å². The molecule has 0 radical (unpaired) electrons.